The lowest BCUT2D eigenvalue weighted by atomic mass is 10.00. The summed E-state index contributed by atoms with van der Waals surface area (Å²) in [6.45, 7) is 3.55. The fraction of sp³-hybridized carbons (Fsp3) is 0.417. The average molecular weight is 252 g/mol. The highest BCUT2D eigenvalue weighted by Crippen LogP contribution is 2.23. The lowest BCUT2D eigenvalue weighted by Crippen LogP contribution is -2.19. The largest absolute Gasteiger partial charge is 0.390 e. The number of aliphatic hydroxyl groups is 1. The summed E-state index contributed by atoms with van der Waals surface area (Å²) in [6, 6.07) is 1.82. The maximum atomic E-state index is 9.72. The van der Waals surface area contributed by atoms with Crippen molar-refractivity contribution in [2.75, 3.05) is 0 Å². The summed E-state index contributed by atoms with van der Waals surface area (Å²) in [4.78, 5) is 4.07. The van der Waals surface area contributed by atoms with E-state index in [1.807, 2.05) is 6.07 Å². The Morgan fingerprint density at radius 2 is 2.06 bits per heavy atom. The van der Waals surface area contributed by atoms with E-state index in [2.05, 4.69) is 15.2 Å². The van der Waals surface area contributed by atoms with Crippen LogP contribution in [0.5, 0.6) is 0 Å². The minimum absolute atomic E-state index is 0.384. The number of aromatic nitrogens is 3. The third-order valence-corrected chi connectivity index (χ3v) is 2.87. The van der Waals surface area contributed by atoms with Gasteiger partial charge in [-0.1, -0.05) is 11.6 Å². The van der Waals surface area contributed by atoms with Crippen LogP contribution in [0.15, 0.2) is 18.5 Å². The molecule has 0 amide bonds. The van der Waals surface area contributed by atoms with Gasteiger partial charge in [0.25, 0.3) is 0 Å². The molecule has 0 aliphatic heterocycles. The van der Waals surface area contributed by atoms with Crippen LogP contribution in [0.3, 0.4) is 0 Å². The lowest BCUT2D eigenvalue weighted by molar-refractivity contribution is 0.0712. The van der Waals surface area contributed by atoms with Crippen LogP contribution in [0.1, 0.15) is 26.0 Å². The van der Waals surface area contributed by atoms with Gasteiger partial charge in [0.15, 0.2) is 5.15 Å². The monoisotopic (exact) mass is 251 g/mol. The van der Waals surface area contributed by atoms with Crippen LogP contribution in [-0.2, 0) is 6.42 Å². The Hall–Kier alpha value is -1.26. The Morgan fingerprint density at radius 1 is 1.29 bits per heavy atom. The second-order valence-corrected chi connectivity index (χ2v) is 5.03. The van der Waals surface area contributed by atoms with Gasteiger partial charge in [-0.15, -0.1) is 5.10 Å². The first kappa shape index (κ1) is 12.2. The molecular weight excluding hydrogens is 238 g/mol. The predicted molar refractivity (Wildman–Crippen MR) is 67.0 cm³/mol. The molecule has 0 fully saturated rings. The van der Waals surface area contributed by atoms with Crippen LogP contribution >= 0.6 is 11.6 Å². The summed E-state index contributed by atoms with van der Waals surface area (Å²) in [5.74, 6) is 0. The van der Waals surface area contributed by atoms with Crippen molar-refractivity contribution in [3.63, 3.8) is 0 Å². The molecule has 0 saturated carbocycles. The number of rotatable bonds is 3. The van der Waals surface area contributed by atoms with Crippen molar-refractivity contribution in [2.45, 2.75) is 32.3 Å². The third-order valence-electron chi connectivity index (χ3n) is 2.59. The molecule has 17 heavy (non-hydrogen) atoms. The van der Waals surface area contributed by atoms with Gasteiger partial charge in [0.2, 0.25) is 0 Å². The van der Waals surface area contributed by atoms with E-state index in [-0.39, 0.29) is 0 Å². The van der Waals surface area contributed by atoms with E-state index in [0.29, 0.717) is 18.0 Å². The SMILES string of the molecule is CC(C)(O)CCc1nnc(Cl)c2ccncc12. The van der Waals surface area contributed by atoms with E-state index in [0.717, 1.165) is 16.5 Å². The number of fused-ring (bicyclic) bond motifs is 1. The summed E-state index contributed by atoms with van der Waals surface area (Å²) in [5.41, 5.74) is 0.107. The molecule has 0 unspecified atom stereocenters. The van der Waals surface area contributed by atoms with Gasteiger partial charge in [-0.05, 0) is 32.8 Å². The second kappa shape index (κ2) is 4.55. The Kier molecular flexibility index (Phi) is 3.26. The molecule has 90 valence electrons. The Morgan fingerprint density at radius 3 is 2.76 bits per heavy atom. The highest BCUT2D eigenvalue weighted by Gasteiger charge is 2.15. The molecule has 0 atom stereocenters. The molecule has 5 heteroatoms. The predicted octanol–water partition coefficient (Wildman–Crippen LogP) is 2.38. The van der Waals surface area contributed by atoms with Crippen LogP contribution in [0, 0.1) is 0 Å². The molecule has 0 radical (unpaired) electrons. The first-order valence-electron chi connectivity index (χ1n) is 5.44. The van der Waals surface area contributed by atoms with E-state index in [9.17, 15) is 5.11 Å². The highest BCUT2D eigenvalue weighted by atomic mass is 35.5. The van der Waals surface area contributed by atoms with Gasteiger partial charge >= 0.3 is 0 Å². The molecule has 2 heterocycles. The van der Waals surface area contributed by atoms with Crippen molar-refractivity contribution in [1.82, 2.24) is 15.2 Å². The van der Waals surface area contributed by atoms with Gasteiger partial charge in [-0.25, -0.2) is 0 Å². The van der Waals surface area contributed by atoms with Gasteiger partial charge in [-0.3, -0.25) is 4.98 Å². The molecule has 0 aromatic carbocycles. The van der Waals surface area contributed by atoms with Crippen molar-refractivity contribution < 1.29 is 5.11 Å². The summed E-state index contributed by atoms with van der Waals surface area (Å²) < 4.78 is 0. The van der Waals surface area contributed by atoms with Crippen LogP contribution in [0.25, 0.3) is 10.8 Å². The van der Waals surface area contributed by atoms with Crippen LogP contribution < -0.4 is 0 Å². The number of aryl methyl sites for hydroxylation is 1. The normalized spacial score (nSPS) is 12.0. The standard InChI is InChI=1S/C12H14ClN3O/c1-12(2,17)5-3-10-9-7-14-6-4-8(9)11(13)16-15-10/h4,6-7,17H,3,5H2,1-2H3. The summed E-state index contributed by atoms with van der Waals surface area (Å²) in [5, 5.41) is 19.8. The average Bonchev–Trinajstić information content (AvgIpc) is 2.27. The molecule has 0 saturated heterocycles. The number of halogens is 1. The van der Waals surface area contributed by atoms with Crippen LogP contribution in [0.4, 0.5) is 0 Å². The number of hydrogen-bond acceptors (Lipinski definition) is 4. The minimum Gasteiger partial charge on any atom is -0.390 e. The van der Waals surface area contributed by atoms with E-state index in [1.165, 1.54) is 0 Å². The van der Waals surface area contributed by atoms with Gasteiger partial charge in [0.05, 0.1) is 11.3 Å². The summed E-state index contributed by atoms with van der Waals surface area (Å²) in [6.07, 6.45) is 4.68. The molecule has 2 rings (SSSR count). The second-order valence-electron chi connectivity index (χ2n) is 4.67. The Bertz CT molecular complexity index is 537. The third kappa shape index (κ3) is 2.90. The molecule has 0 spiro atoms. The number of pyridine rings is 1. The molecule has 2 aromatic rings. The van der Waals surface area contributed by atoms with Crippen molar-refractivity contribution in [3.05, 3.63) is 29.3 Å². The molecule has 0 aliphatic rings. The van der Waals surface area contributed by atoms with Crippen molar-refractivity contribution in [3.8, 4) is 0 Å². The zero-order valence-corrected chi connectivity index (χ0v) is 10.6. The smallest absolute Gasteiger partial charge is 0.159 e. The van der Waals surface area contributed by atoms with Crippen LogP contribution in [-0.4, -0.2) is 25.9 Å². The van der Waals surface area contributed by atoms with Crippen molar-refractivity contribution >= 4 is 22.4 Å². The first-order valence-corrected chi connectivity index (χ1v) is 5.82. The number of nitrogens with zero attached hydrogens (tertiary/aromatic N) is 3. The van der Waals surface area contributed by atoms with Gasteiger partial charge in [0.1, 0.15) is 0 Å². The quantitative estimate of drug-likeness (QED) is 0.910. The number of hydrogen-bond donors (Lipinski definition) is 1. The van der Waals surface area contributed by atoms with E-state index >= 15 is 0 Å². The van der Waals surface area contributed by atoms with Gasteiger partial charge in [-0.2, -0.15) is 5.10 Å². The summed E-state index contributed by atoms with van der Waals surface area (Å²) >= 11 is 5.97. The maximum absolute atomic E-state index is 9.72. The topological polar surface area (TPSA) is 58.9 Å². The summed E-state index contributed by atoms with van der Waals surface area (Å²) in [7, 11) is 0. The molecule has 0 bridgehead atoms. The molecule has 4 nitrogen and oxygen atoms in total. The highest BCUT2D eigenvalue weighted by molar-refractivity contribution is 6.34. The first-order chi connectivity index (χ1) is 7.97. The van der Waals surface area contributed by atoms with Gasteiger partial charge < -0.3 is 5.11 Å². The zero-order valence-electron chi connectivity index (χ0n) is 9.81. The maximum Gasteiger partial charge on any atom is 0.159 e. The molecule has 2 aromatic heterocycles. The lowest BCUT2D eigenvalue weighted by Gasteiger charge is -2.16. The molecule has 1 N–H and O–H groups in total. The minimum atomic E-state index is -0.712. The van der Waals surface area contributed by atoms with Crippen molar-refractivity contribution in [1.29, 1.82) is 0 Å². The van der Waals surface area contributed by atoms with E-state index in [1.54, 1.807) is 26.2 Å². The van der Waals surface area contributed by atoms with Crippen LogP contribution in [0.2, 0.25) is 5.15 Å². The Balaban J connectivity index is 2.38. The fourth-order valence-electron chi connectivity index (χ4n) is 1.63. The zero-order chi connectivity index (χ0) is 12.5. The van der Waals surface area contributed by atoms with Crippen molar-refractivity contribution in [2.24, 2.45) is 0 Å². The van der Waals surface area contributed by atoms with E-state index in [4.69, 9.17) is 11.6 Å². The molecular formula is C12H14ClN3O. The Labute approximate surface area is 105 Å². The van der Waals surface area contributed by atoms with E-state index < -0.39 is 5.60 Å². The molecule has 0 aliphatic carbocycles. The van der Waals surface area contributed by atoms with Gasteiger partial charge in [0, 0.05) is 23.2 Å². The fourth-order valence-corrected chi connectivity index (χ4v) is 1.83.